The molecule has 37 heavy (non-hydrogen) atoms. The Balaban J connectivity index is 1.89. The highest BCUT2D eigenvalue weighted by molar-refractivity contribution is 7.13. The van der Waals surface area contributed by atoms with Crippen molar-refractivity contribution in [3.63, 3.8) is 0 Å². The Morgan fingerprint density at radius 3 is 2.49 bits per heavy atom. The van der Waals surface area contributed by atoms with Crippen LogP contribution in [0.2, 0.25) is 0 Å². The van der Waals surface area contributed by atoms with Gasteiger partial charge in [0.1, 0.15) is 5.56 Å². The number of carbonyl (C=O) groups is 2. The van der Waals surface area contributed by atoms with Crippen molar-refractivity contribution in [2.24, 2.45) is 0 Å². The molecule has 7 nitrogen and oxygen atoms in total. The van der Waals surface area contributed by atoms with Gasteiger partial charge in [0.15, 0.2) is 10.9 Å². The summed E-state index contributed by atoms with van der Waals surface area (Å²) in [5, 5.41) is 4.44. The third-order valence-electron chi connectivity index (χ3n) is 5.57. The van der Waals surface area contributed by atoms with E-state index in [2.05, 4.69) is 15.3 Å². The molecule has 1 amide bonds. The van der Waals surface area contributed by atoms with E-state index in [0.717, 1.165) is 29.9 Å². The first-order valence-corrected chi connectivity index (χ1v) is 12.1. The smallest absolute Gasteiger partial charge is 0.418 e. The molecule has 0 spiro atoms. The molecule has 2 aromatic carbocycles. The van der Waals surface area contributed by atoms with Crippen molar-refractivity contribution in [2.45, 2.75) is 32.0 Å². The molecule has 0 aliphatic carbocycles. The van der Waals surface area contributed by atoms with Gasteiger partial charge in [0.25, 0.3) is 5.91 Å². The van der Waals surface area contributed by atoms with Crippen LogP contribution in [0.1, 0.15) is 46.6 Å². The Morgan fingerprint density at radius 2 is 1.86 bits per heavy atom. The summed E-state index contributed by atoms with van der Waals surface area (Å²) in [6.07, 6.45) is -3.29. The lowest BCUT2D eigenvalue weighted by molar-refractivity contribution is -0.136. The number of hydrogen-bond acceptors (Lipinski definition) is 7. The molecule has 2 heterocycles. The first-order valence-electron chi connectivity index (χ1n) is 11.2. The minimum absolute atomic E-state index is 0.0347. The Kier molecular flexibility index (Phi) is 7.84. The predicted octanol–water partition coefficient (Wildman–Crippen LogP) is 6.21. The number of nitrogens with zero attached hydrogens (tertiary/aromatic N) is 2. The van der Waals surface area contributed by atoms with Gasteiger partial charge in [-0.3, -0.25) is 19.9 Å². The maximum absolute atomic E-state index is 13.9. The average Bonchev–Trinajstić information content (AvgIpc) is 3.36. The van der Waals surface area contributed by atoms with Crippen LogP contribution in [-0.4, -0.2) is 29.0 Å². The summed E-state index contributed by atoms with van der Waals surface area (Å²) in [5.74, 6) is -1.79. The topological polar surface area (TPSA) is 90.4 Å². The Labute approximate surface area is 214 Å². The number of amides is 1. The van der Waals surface area contributed by atoms with Gasteiger partial charge in [0.2, 0.25) is 0 Å². The lowest BCUT2D eigenvalue weighted by Gasteiger charge is -2.20. The molecule has 1 N–H and O–H groups in total. The molecule has 2 aromatic heterocycles. The molecule has 0 saturated carbocycles. The number of benzene rings is 2. The maximum Gasteiger partial charge on any atom is 0.418 e. The first-order chi connectivity index (χ1) is 17.7. The number of hydrogen-bond donors (Lipinski definition) is 1. The third-order valence-corrected chi connectivity index (χ3v) is 6.26. The zero-order valence-electron chi connectivity index (χ0n) is 19.8. The van der Waals surface area contributed by atoms with Crippen molar-refractivity contribution in [3.8, 4) is 5.75 Å². The van der Waals surface area contributed by atoms with Gasteiger partial charge in [0, 0.05) is 31.0 Å². The number of methoxy groups -OCH3 is 1. The Morgan fingerprint density at radius 1 is 1.11 bits per heavy atom. The molecule has 0 aliphatic rings. The van der Waals surface area contributed by atoms with Crippen LogP contribution in [0.15, 0.2) is 60.1 Å². The van der Waals surface area contributed by atoms with Crippen molar-refractivity contribution in [2.75, 3.05) is 12.4 Å². The van der Waals surface area contributed by atoms with E-state index in [0.29, 0.717) is 6.42 Å². The number of fused-ring (bicyclic) bond motifs is 1. The van der Waals surface area contributed by atoms with Gasteiger partial charge in [-0.2, -0.15) is 13.2 Å². The highest BCUT2D eigenvalue weighted by Crippen LogP contribution is 2.40. The predicted molar refractivity (Wildman–Crippen MR) is 133 cm³/mol. The van der Waals surface area contributed by atoms with E-state index in [1.54, 1.807) is 5.38 Å². The molecule has 0 aliphatic heterocycles. The van der Waals surface area contributed by atoms with E-state index >= 15 is 0 Å². The first kappa shape index (κ1) is 26.2. The number of aromatic nitrogens is 2. The maximum atomic E-state index is 13.9. The Bertz CT molecular complexity index is 1410. The normalized spacial score (nSPS) is 12.4. The molecule has 1 atom stereocenters. The van der Waals surface area contributed by atoms with Gasteiger partial charge in [-0.25, -0.2) is 4.98 Å². The molecule has 192 valence electrons. The minimum Gasteiger partial charge on any atom is -0.425 e. The Hall–Kier alpha value is -3.83. The second kappa shape index (κ2) is 11.1. The number of ether oxygens (including phenoxy) is 2. The molecule has 4 rings (SSSR count). The van der Waals surface area contributed by atoms with Crippen molar-refractivity contribution >= 4 is 39.2 Å². The van der Waals surface area contributed by atoms with Gasteiger partial charge >= 0.3 is 12.1 Å². The number of carbonyl (C=O) groups excluding carboxylic acids is 2. The highest BCUT2D eigenvalue weighted by Gasteiger charge is 2.35. The number of aryl methyl sites for hydroxylation is 1. The summed E-state index contributed by atoms with van der Waals surface area (Å²) in [6.45, 7) is 1.11. The fraction of sp³-hybridized carbons (Fsp3) is 0.231. The average molecular weight is 530 g/mol. The standard InChI is InChI=1S/C26H22F3N3O4S/c1-15(33)36-23-17-9-6-10-18(26(27,28)29)22(17)31-19(21(23)24(34)32-25-30-13-14-37-25)11-12-20(35-2)16-7-4-3-5-8-16/h3-10,13-14,20H,11-12H2,1-2H3,(H,30,32,34). The number of nitrogens with one attached hydrogen (secondary N) is 1. The molecule has 11 heteroatoms. The van der Waals surface area contributed by atoms with Crippen LogP contribution in [0.3, 0.4) is 0 Å². The van der Waals surface area contributed by atoms with E-state index < -0.39 is 35.2 Å². The highest BCUT2D eigenvalue weighted by atomic mass is 32.1. The quantitative estimate of drug-likeness (QED) is 0.273. The lowest BCUT2D eigenvalue weighted by atomic mass is 9.98. The van der Waals surface area contributed by atoms with E-state index in [-0.39, 0.29) is 33.9 Å². The number of thiazole rings is 1. The fourth-order valence-corrected chi connectivity index (χ4v) is 4.52. The molecule has 0 radical (unpaired) electrons. The molecule has 0 bridgehead atoms. The second-order valence-electron chi connectivity index (χ2n) is 8.02. The van der Waals surface area contributed by atoms with Crippen LogP contribution in [-0.2, 0) is 22.1 Å². The van der Waals surface area contributed by atoms with Crippen molar-refractivity contribution in [1.82, 2.24) is 9.97 Å². The summed E-state index contributed by atoms with van der Waals surface area (Å²) in [6, 6.07) is 12.7. The van der Waals surface area contributed by atoms with Crippen molar-refractivity contribution in [1.29, 1.82) is 0 Å². The SMILES string of the molecule is COC(CCc1nc2c(C(F)(F)F)cccc2c(OC(C)=O)c1C(=O)Nc1nccs1)c1ccccc1. The van der Waals surface area contributed by atoms with Crippen LogP contribution < -0.4 is 10.1 Å². The molecule has 1 unspecified atom stereocenters. The van der Waals surface area contributed by atoms with Crippen LogP contribution >= 0.6 is 11.3 Å². The largest absolute Gasteiger partial charge is 0.425 e. The van der Waals surface area contributed by atoms with E-state index in [1.165, 1.54) is 25.4 Å². The molecular weight excluding hydrogens is 507 g/mol. The van der Waals surface area contributed by atoms with Crippen LogP contribution in [0, 0.1) is 0 Å². The monoisotopic (exact) mass is 529 g/mol. The lowest BCUT2D eigenvalue weighted by Crippen LogP contribution is -2.20. The van der Waals surface area contributed by atoms with Gasteiger partial charge in [-0.05, 0) is 30.5 Å². The number of alkyl halides is 3. The zero-order valence-corrected chi connectivity index (χ0v) is 20.7. The van der Waals surface area contributed by atoms with Crippen LogP contribution in [0.4, 0.5) is 18.3 Å². The van der Waals surface area contributed by atoms with Crippen molar-refractivity contribution < 1.29 is 32.2 Å². The summed E-state index contributed by atoms with van der Waals surface area (Å²) < 4.78 is 52.6. The number of rotatable bonds is 8. The number of anilines is 1. The van der Waals surface area contributed by atoms with Gasteiger partial charge in [-0.1, -0.05) is 36.4 Å². The summed E-state index contributed by atoms with van der Waals surface area (Å²) in [4.78, 5) is 33.8. The third kappa shape index (κ3) is 5.95. The van der Waals surface area contributed by atoms with Gasteiger partial charge in [0.05, 0.1) is 22.9 Å². The molecular formula is C26H22F3N3O4S. The number of para-hydroxylation sites is 1. The molecule has 0 saturated heterocycles. The minimum atomic E-state index is -4.72. The summed E-state index contributed by atoms with van der Waals surface area (Å²) in [7, 11) is 1.52. The van der Waals surface area contributed by atoms with Crippen LogP contribution in [0.5, 0.6) is 5.75 Å². The van der Waals surface area contributed by atoms with Gasteiger partial charge < -0.3 is 9.47 Å². The fourth-order valence-electron chi connectivity index (χ4n) is 4.00. The van der Waals surface area contributed by atoms with E-state index in [9.17, 15) is 22.8 Å². The summed E-state index contributed by atoms with van der Waals surface area (Å²) >= 11 is 1.16. The number of esters is 1. The van der Waals surface area contributed by atoms with Crippen LogP contribution in [0.25, 0.3) is 10.9 Å². The van der Waals surface area contributed by atoms with E-state index in [4.69, 9.17) is 9.47 Å². The summed E-state index contributed by atoms with van der Waals surface area (Å²) in [5.41, 5.74) is -0.665. The second-order valence-corrected chi connectivity index (χ2v) is 8.92. The molecule has 4 aromatic rings. The van der Waals surface area contributed by atoms with Gasteiger partial charge in [-0.15, -0.1) is 11.3 Å². The van der Waals surface area contributed by atoms with Crippen molar-refractivity contribution in [3.05, 3.63) is 82.5 Å². The zero-order chi connectivity index (χ0) is 26.6. The number of pyridine rings is 1. The molecule has 0 fully saturated rings. The van der Waals surface area contributed by atoms with E-state index in [1.807, 2.05) is 30.3 Å². The number of halogens is 3.